The summed E-state index contributed by atoms with van der Waals surface area (Å²) in [6.07, 6.45) is 1.55. The number of benzene rings is 1. The lowest BCUT2D eigenvalue weighted by Gasteiger charge is -2.38. The van der Waals surface area contributed by atoms with Crippen molar-refractivity contribution >= 4 is 21.8 Å². The van der Waals surface area contributed by atoms with Crippen molar-refractivity contribution in [1.29, 1.82) is 0 Å². The van der Waals surface area contributed by atoms with Crippen LogP contribution < -0.4 is 4.74 Å². The maximum atomic E-state index is 12.6. The van der Waals surface area contributed by atoms with E-state index < -0.39 is 0 Å². The van der Waals surface area contributed by atoms with Gasteiger partial charge in [0.15, 0.2) is 0 Å². The Hall–Kier alpha value is -1.92. The zero-order chi connectivity index (χ0) is 17.2. The fraction of sp³-hybridized carbons (Fsp3) is 0.333. The molecular formula is C18H19BrN2O3. The SMILES string of the molecule is CC1(C)CN(C(=O)c2ccc(Oc3ccc(Br)cc3)nc2)CCO1. The summed E-state index contributed by atoms with van der Waals surface area (Å²) >= 11 is 3.38. The van der Waals surface area contributed by atoms with E-state index in [1.54, 1.807) is 23.2 Å². The first-order valence-electron chi connectivity index (χ1n) is 7.76. The summed E-state index contributed by atoms with van der Waals surface area (Å²) in [7, 11) is 0. The number of halogens is 1. The fourth-order valence-corrected chi connectivity index (χ4v) is 2.83. The molecule has 1 amide bonds. The number of carbonyl (C=O) groups is 1. The van der Waals surface area contributed by atoms with E-state index in [9.17, 15) is 4.79 Å². The van der Waals surface area contributed by atoms with Gasteiger partial charge in [-0.15, -0.1) is 0 Å². The molecule has 3 rings (SSSR count). The number of pyridine rings is 1. The number of nitrogens with zero attached hydrogens (tertiary/aromatic N) is 2. The summed E-state index contributed by atoms with van der Waals surface area (Å²) in [5.74, 6) is 1.12. The predicted molar refractivity (Wildman–Crippen MR) is 94.4 cm³/mol. The van der Waals surface area contributed by atoms with Crippen LogP contribution in [0.4, 0.5) is 0 Å². The van der Waals surface area contributed by atoms with Crippen LogP contribution in [-0.2, 0) is 4.74 Å². The minimum Gasteiger partial charge on any atom is -0.439 e. The van der Waals surface area contributed by atoms with E-state index in [2.05, 4.69) is 20.9 Å². The molecular weight excluding hydrogens is 372 g/mol. The number of ether oxygens (including phenoxy) is 2. The van der Waals surface area contributed by atoms with Gasteiger partial charge in [0, 0.05) is 29.8 Å². The average Bonchev–Trinajstić information content (AvgIpc) is 2.56. The van der Waals surface area contributed by atoms with E-state index in [0.717, 1.165) is 4.47 Å². The first kappa shape index (κ1) is 16.9. The van der Waals surface area contributed by atoms with Crippen LogP contribution in [0.3, 0.4) is 0 Å². The zero-order valence-corrected chi connectivity index (χ0v) is 15.2. The van der Waals surface area contributed by atoms with Crippen molar-refractivity contribution in [2.24, 2.45) is 0 Å². The molecule has 0 unspecified atom stereocenters. The van der Waals surface area contributed by atoms with Crippen molar-refractivity contribution in [3.63, 3.8) is 0 Å². The third-order valence-corrected chi connectivity index (χ3v) is 4.26. The molecule has 5 nitrogen and oxygen atoms in total. The standard InChI is InChI=1S/C18H19BrN2O3/c1-18(2)12-21(9-10-23-18)17(22)13-3-8-16(20-11-13)24-15-6-4-14(19)5-7-15/h3-8,11H,9-10,12H2,1-2H3. The topological polar surface area (TPSA) is 51.7 Å². The highest BCUT2D eigenvalue weighted by molar-refractivity contribution is 9.10. The van der Waals surface area contributed by atoms with Crippen LogP contribution in [0.2, 0.25) is 0 Å². The van der Waals surface area contributed by atoms with E-state index in [4.69, 9.17) is 9.47 Å². The molecule has 0 atom stereocenters. The number of morpholine rings is 1. The van der Waals surface area contributed by atoms with Crippen LogP contribution in [0.1, 0.15) is 24.2 Å². The van der Waals surface area contributed by atoms with Gasteiger partial charge in [-0.3, -0.25) is 4.79 Å². The van der Waals surface area contributed by atoms with Crippen molar-refractivity contribution < 1.29 is 14.3 Å². The van der Waals surface area contributed by atoms with Crippen LogP contribution in [-0.4, -0.2) is 41.1 Å². The van der Waals surface area contributed by atoms with Gasteiger partial charge in [0.2, 0.25) is 5.88 Å². The molecule has 1 saturated heterocycles. The third-order valence-electron chi connectivity index (χ3n) is 3.73. The zero-order valence-electron chi connectivity index (χ0n) is 13.7. The molecule has 1 aromatic heterocycles. The lowest BCUT2D eigenvalue weighted by atomic mass is 10.1. The Morgan fingerprint density at radius 2 is 2.00 bits per heavy atom. The molecule has 0 bridgehead atoms. The number of rotatable bonds is 3. The van der Waals surface area contributed by atoms with Crippen LogP contribution >= 0.6 is 15.9 Å². The normalized spacial score (nSPS) is 16.7. The Kier molecular flexibility index (Phi) is 4.87. The maximum absolute atomic E-state index is 12.6. The van der Waals surface area contributed by atoms with Crippen molar-refractivity contribution in [1.82, 2.24) is 9.88 Å². The summed E-state index contributed by atoms with van der Waals surface area (Å²) in [5, 5.41) is 0. The Labute approximate surface area is 149 Å². The molecule has 2 aromatic rings. The monoisotopic (exact) mass is 390 g/mol. The second-order valence-electron chi connectivity index (χ2n) is 6.28. The van der Waals surface area contributed by atoms with Gasteiger partial charge in [-0.2, -0.15) is 0 Å². The van der Waals surface area contributed by atoms with Gasteiger partial charge in [-0.1, -0.05) is 15.9 Å². The quantitative estimate of drug-likeness (QED) is 0.797. The van der Waals surface area contributed by atoms with Gasteiger partial charge in [0.1, 0.15) is 5.75 Å². The molecule has 24 heavy (non-hydrogen) atoms. The predicted octanol–water partition coefficient (Wildman–Crippen LogP) is 3.89. The van der Waals surface area contributed by atoms with Crippen molar-refractivity contribution in [2.75, 3.05) is 19.7 Å². The molecule has 126 valence electrons. The van der Waals surface area contributed by atoms with E-state index in [0.29, 0.717) is 36.9 Å². The van der Waals surface area contributed by atoms with Crippen LogP contribution in [0.25, 0.3) is 0 Å². The largest absolute Gasteiger partial charge is 0.439 e. The van der Waals surface area contributed by atoms with Gasteiger partial charge in [0.25, 0.3) is 5.91 Å². The lowest BCUT2D eigenvalue weighted by Crippen LogP contribution is -2.50. The van der Waals surface area contributed by atoms with Gasteiger partial charge in [-0.05, 0) is 44.2 Å². The van der Waals surface area contributed by atoms with Gasteiger partial charge < -0.3 is 14.4 Å². The second kappa shape index (κ2) is 6.91. The number of hydrogen-bond donors (Lipinski definition) is 0. The Morgan fingerprint density at radius 1 is 1.25 bits per heavy atom. The minimum absolute atomic E-state index is 0.0333. The number of carbonyl (C=O) groups excluding carboxylic acids is 1. The molecule has 2 heterocycles. The minimum atomic E-state index is -0.314. The maximum Gasteiger partial charge on any atom is 0.255 e. The van der Waals surface area contributed by atoms with E-state index in [1.165, 1.54) is 0 Å². The van der Waals surface area contributed by atoms with Crippen LogP contribution in [0, 0.1) is 0 Å². The highest BCUT2D eigenvalue weighted by Crippen LogP contribution is 2.23. The van der Waals surface area contributed by atoms with Gasteiger partial charge >= 0.3 is 0 Å². The summed E-state index contributed by atoms with van der Waals surface area (Å²) in [6, 6.07) is 10.9. The molecule has 0 aliphatic carbocycles. The Balaban J connectivity index is 1.67. The number of amides is 1. The van der Waals surface area contributed by atoms with E-state index in [1.807, 2.05) is 38.1 Å². The lowest BCUT2D eigenvalue weighted by molar-refractivity contribution is -0.0764. The Bertz CT molecular complexity index is 714. The summed E-state index contributed by atoms with van der Waals surface area (Å²) in [5.41, 5.74) is 0.238. The summed E-state index contributed by atoms with van der Waals surface area (Å²) < 4.78 is 12.3. The molecule has 6 heteroatoms. The molecule has 0 spiro atoms. The molecule has 1 fully saturated rings. The number of hydrogen-bond acceptors (Lipinski definition) is 4. The van der Waals surface area contributed by atoms with Crippen molar-refractivity contribution in [3.05, 3.63) is 52.6 Å². The van der Waals surface area contributed by atoms with Gasteiger partial charge in [-0.25, -0.2) is 4.98 Å². The molecule has 1 aliphatic heterocycles. The first-order valence-corrected chi connectivity index (χ1v) is 8.55. The fourth-order valence-electron chi connectivity index (χ4n) is 2.56. The third kappa shape index (κ3) is 4.13. The highest BCUT2D eigenvalue weighted by atomic mass is 79.9. The van der Waals surface area contributed by atoms with Crippen LogP contribution in [0.15, 0.2) is 47.1 Å². The summed E-state index contributed by atoms with van der Waals surface area (Å²) in [4.78, 5) is 18.6. The van der Waals surface area contributed by atoms with Crippen molar-refractivity contribution in [3.8, 4) is 11.6 Å². The average molecular weight is 391 g/mol. The number of aromatic nitrogens is 1. The molecule has 1 aliphatic rings. The van der Waals surface area contributed by atoms with Gasteiger partial charge in [0.05, 0.1) is 17.8 Å². The van der Waals surface area contributed by atoms with Crippen molar-refractivity contribution in [2.45, 2.75) is 19.4 Å². The van der Waals surface area contributed by atoms with E-state index in [-0.39, 0.29) is 11.5 Å². The summed E-state index contributed by atoms with van der Waals surface area (Å²) in [6.45, 7) is 5.69. The molecule has 0 N–H and O–H groups in total. The van der Waals surface area contributed by atoms with Crippen LogP contribution in [0.5, 0.6) is 11.6 Å². The molecule has 1 aromatic carbocycles. The first-order chi connectivity index (χ1) is 11.4. The van der Waals surface area contributed by atoms with E-state index >= 15 is 0 Å². The molecule has 0 saturated carbocycles. The highest BCUT2D eigenvalue weighted by Gasteiger charge is 2.30. The second-order valence-corrected chi connectivity index (χ2v) is 7.19. The smallest absolute Gasteiger partial charge is 0.255 e. The molecule has 0 radical (unpaired) electrons. The Morgan fingerprint density at radius 3 is 2.62 bits per heavy atom.